The molecule has 1 fully saturated rings. The molecule has 0 saturated heterocycles. The van der Waals surface area contributed by atoms with Crippen molar-refractivity contribution in [1.29, 1.82) is 0 Å². The van der Waals surface area contributed by atoms with Crippen molar-refractivity contribution >= 4 is 11.2 Å². The maximum absolute atomic E-state index is 3.83. The van der Waals surface area contributed by atoms with Gasteiger partial charge in [-0.1, -0.05) is 37.3 Å². The summed E-state index contributed by atoms with van der Waals surface area (Å²) >= 11 is 0. The Morgan fingerprint density at radius 1 is 1.07 bits per heavy atom. The minimum atomic E-state index is 0.602. The van der Waals surface area contributed by atoms with Crippen molar-refractivity contribution in [3.05, 3.63) is 12.5 Å². The van der Waals surface area contributed by atoms with Crippen LogP contribution in [0.15, 0.2) is 12.5 Å². The van der Waals surface area contributed by atoms with Gasteiger partial charge >= 0.3 is 0 Å². The zero-order valence-electron chi connectivity index (χ0n) is 7.98. The van der Waals surface area contributed by atoms with Gasteiger partial charge in [-0.15, -0.1) is 5.10 Å². The first-order chi connectivity index (χ1) is 6.97. The highest BCUT2D eigenvalue weighted by Gasteiger charge is 1.95. The Bertz CT molecular complexity index is 341. The van der Waals surface area contributed by atoms with Gasteiger partial charge in [0.15, 0.2) is 0 Å². The largest absolute Gasteiger partial charge is 0.254 e. The molecule has 0 spiro atoms. The van der Waals surface area contributed by atoms with Crippen LogP contribution in [-0.2, 0) is 0 Å². The van der Waals surface area contributed by atoms with E-state index in [4.69, 9.17) is 0 Å². The Hall–Kier alpha value is -1.52. The first kappa shape index (κ1) is 9.05. The molecule has 1 aliphatic carbocycles. The number of hydrogen-bond donors (Lipinski definition) is 1. The lowest BCUT2D eigenvalue weighted by atomic mass is 10.4. The molecule has 0 aromatic carbocycles. The molecule has 0 unspecified atom stereocenters. The smallest absolute Gasteiger partial charge is 0.204 e. The zero-order valence-corrected chi connectivity index (χ0v) is 7.98. The van der Waals surface area contributed by atoms with E-state index in [1.54, 1.807) is 6.20 Å². The maximum atomic E-state index is 3.83. The van der Waals surface area contributed by atoms with Crippen molar-refractivity contribution in [3.63, 3.8) is 0 Å². The fraction of sp³-hybridized carbons (Fsp3) is 0.556. The fourth-order valence-electron chi connectivity index (χ4n) is 1.49. The van der Waals surface area contributed by atoms with Crippen molar-refractivity contribution in [2.45, 2.75) is 32.1 Å². The van der Waals surface area contributed by atoms with Crippen LogP contribution in [0.2, 0.25) is 0 Å². The summed E-state index contributed by atoms with van der Waals surface area (Å²) in [5, 5.41) is 9.82. The SMILES string of the molecule is C1CCCC1.c1ncc2[nH]nnc2n1. The van der Waals surface area contributed by atoms with E-state index < -0.39 is 0 Å². The van der Waals surface area contributed by atoms with E-state index in [1.807, 2.05) is 0 Å². The van der Waals surface area contributed by atoms with E-state index in [0.717, 1.165) is 5.52 Å². The van der Waals surface area contributed by atoms with Crippen molar-refractivity contribution in [3.8, 4) is 0 Å². The van der Waals surface area contributed by atoms with Crippen molar-refractivity contribution in [2.24, 2.45) is 0 Å². The van der Waals surface area contributed by atoms with Gasteiger partial charge in [-0.2, -0.15) is 0 Å². The molecule has 0 radical (unpaired) electrons. The minimum absolute atomic E-state index is 0.602. The second-order valence-corrected chi connectivity index (χ2v) is 3.34. The van der Waals surface area contributed by atoms with Gasteiger partial charge in [0, 0.05) is 0 Å². The van der Waals surface area contributed by atoms with E-state index in [2.05, 4.69) is 25.4 Å². The Labute approximate surface area is 82.0 Å². The molecule has 14 heavy (non-hydrogen) atoms. The summed E-state index contributed by atoms with van der Waals surface area (Å²) in [7, 11) is 0. The molecule has 1 N–H and O–H groups in total. The topological polar surface area (TPSA) is 67.3 Å². The minimum Gasteiger partial charge on any atom is -0.254 e. The van der Waals surface area contributed by atoms with Gasteiger partial charge in [0.05, 0.1) is 6.20 Å². The molecule has 0 aliphatic heterocycles. The standard InChI is InChI=1S/C5H10.C4H3N5/c1-2-4-5-3-1;1-3-4(6-2-5-1)8-9-7-3/h1-5H2;1-2H,(H,5,6,7,8,9). The summed E-state index contributed by atoms with van der Waals surface area (Å²) in [6.45, 7) is 0. The number of hydrogen-bond acceptors (Lipinski definition) is 4. The van der Waals surface area contributed by atoms with Gasteiger partial charge in [-0.3, -0.25) is 5.10 Å². The number of H-pyrrole nitrogens is 1. The third-order valence-electron chi connectivity index (χ3n) is 2.26. The number of fused-ring (bicyclic) bond motifs is 1. The molecule has 5 nitrogen and oxygen atoms in total. The van der Waals surface area contributed by atoms with Crippen LogP contribution in [0.25, 0.3) is 11.2 Å². The number of aromatic nitrogens is 5. The Morgan fingerprint density at radius 2 is 1.79 bits per heavy atom. The van der Waals surface area contributed by atoms with E-state index in [-0.39, 0.29) is 0 Å². The van der Waals surface area contributed by atoms with Gasteiger partial charge < -0.3 is 0 Å². The highest BCUT2D eigenvalue weighted by molar-refractivity contribution is 5.66. The molecule has 0 atom stereocenters. The molecule has 2 heterocycles. The lowest BCUT2D eigenvalue weighted by molar-refractivity contribution is 0.886. The van der Waals surface area contributed by atoms with Crippen LogP contribution in [0.3, 0.4) is 0 Å². The highest BCUT2D eigenvalue weighted by atomic mass is 15.3. The second-order valence-electron chi connectivity index (χ2n) is 3.34. The lowest BCUT2D eigenvalue weighted by Crippen LogP contribution is -1.76. The van der Waals surface area contributed by atoms with Gasteiger partial charge in [0.25, 0.3) is 0 Å². The van der Waals surface area contributed by atoms with Crippen LogP contribution in [0, 0.1) is 0 Å². The van der Waals surface area contributed by atoms with Crippen LogP contribution in [-0.4, -0.2) is 25.4 Å². The molecule has 5 heteroatoms. The van der Waals surface area contributed by atoms with Crippen molar-refractivity contribution in [1.82, 2.24) is 25.4 Å². The molecule has 2 aromatic heterocycles. The summed E-state index contributed by atoms with van der Waals surface area (Å²) in [4.78, 5) is 7.59. The van der Waals surface area contributed by atoms with E-state index in [1.165, 1.54) is 38.4 Å². The van der Waals surface area contributed by atoms with Gasteiger partial charge in [0.2, 0.25) is 5.65 Å². The van der Waals surface area contributed by atoms with Crippen molar-refractivity contribution < 1.29 is 0 Å². The average molecular weight is 191 g/mol. The van der Waals surface area contributed by atoms with Crippen LogP contribution in [0.1, 0.15) is 32.1 Å². The fourth-order valence-corrected chi connectivity index (χ4v) is 1.49. The third-order valence-corrected chi connectivity index (χ3v) is 2.26. The van der Waals surface area contributed by atoms with E-state index in [0.29, 0.717) is 5.65 Å². The Morgan fingerprint density at radius 3 is 2.43 bits per heavy atom. The molecule has 1 aliphatic rings. The number of nitrogens with one attached hydrogen (secondary N) is 1. The number of aromatic amines is 1. The molecule has 0 amide bonds. The van der Waals surface area contributed by atoms with Gasteiger partial charge in [0.1, 0.15) is 11.8 Å². The van der Waals surface area contributed by atoms with Crippen LogP contribution in [0.5, 0.6) is 0 Å². The summed E-state index contributed by atoms with van der Waals surface area (Å²) in [6, 6.07) is 0. The number of nitrogens with zero attached hydrogens (tertiary/aromatic N) is 4. The summed E-state index contributed by atoms with van der Waals surface area (Å²) in [5.41, 5.74) is 1.36. The predicted octanol–water partition coefficient (Wildman–Crippen LogP) is 1.70. The maximum Gasteiger partial charge on any atom is 0.204 e. The monoisotopic (exact) mass is 191 g/mol. The zero-order chi connectivity index (χ0) is 9.64. The van der Waals surface area contributed by atoms with Gasteiger partial charge in [-0.05, 0) is 0 Å². The Balaban J connectivity index is 0.000000128. The molecule has 3 rings (SSSR count). The van der Waals surface area contributed by atoms with Crippen molar-refractivity contribution in [2.75, 3.05) is 0 Å². The lowest BCUT2D eigenvalue weighted by Gasteiger charge is -1.78. The van der Waals surface area contributed by atoms with Crippen LogP contribution in [0.4, 0.5) is 0 Å². The molecule has 74 valence electrons. The summed E-state index contributed by atoms with van der Waals surface area (Å²) in [6.07, 6.45) is 10.6. The quantitative estimate of drug-likeness (QED) is 0.688. The van der Waals surface area contributed by atoms with Gasteiger partial charge in [-0.25, -0.2) is 9.97 Å². The number of rotatable bonds is 0. The van der Waals surface area contributed by atoms with Crippen LogP contribution < -0.4 is 0 Å². The average Bonchev–Trinajstić information content (AvgIpc) is 2.92. The van der Waals surface area contributed by atoms with E-state index >= 15 is 0 Å². The van der Waals surface area contributed by atoms with E-state index in [9.17, 15) is 0 Å². The molecule has 2 aromatic rings. The third kappa shape index (κ3) is 2.25. The predicted molar refractivity (Wildman–Crippen MR) is 52.6 cm³/mol. The first-order valence-electron chi connectivity index (χ1n) is 4.93. The second kappa shape index (κ2) is 4.64. The summed E-state index contributed by atoms with van der Waals surface area (Å²) < 4.78 is 0. The molecule has 0 bridgehead atoms. The highest BCUT2D eigenvalue weighted by Crippen LogP contribution is 2.15. The first-order valence-corrected chi connectivity index (χ1v) is 4.93. The normalized spacial score (nSPS) is 15.1. The molecular weight excluding hydrogens is 178 g/mol. The van der Waals surface area contributed by atoms with Crippen LogP contribution >= 0.6 is 0 Å². The molecular formula is C9H13N5. The molecule has 1 saturated carbocycles. The summed E-state index contributed by atoms with van der Waals surface area (Å²) in [5.74, 6) is 0. The Kier molecular flexibility index (Phi) is 3.00.